The van der Waals surface area contributed by atoms with E-state index in [4.69, 9.17) is 4.43 Å². The third-order valence-electron chi connectivity index (χ3n) is 3.00. The quantitative estimate of drug-likeness (QED) is 0.739. The van der Waals surface area contributed by atoms with Gasteiger partial charge >= 0.3 is 0 Å². The molecule has 0 bridgehead atoms. The van der Waals surface area contributed by atoms with Gasteiger partial charge in [0.1, 0.15) is 0 Å². The van der Waals surface area contributed by atoms with E-state index >= 15 is 0 Å². The van der Waals surface area contributed by atoms with E-state index in [2.05, 4.69) is 73.8 Å². The molecule has 0 heterocycles. The maximum atomic E-state index is 5.95. The summed E-state index contributed by atoms with van der Waals surface area (Å²) in [4.78, 5) is 0. The lowest BCUT2D eigenvalue weighted by Crippen LogP contribution is -2.16. The van der Waals surface area contributed by atoms with Crippen molar-refractivity contribution in [1.82, 2.24) is 0 Å². The SMILES string of the molecule is C[SiH](C)OCC(c1ccccc1)c1ccccc1. The molecule has 0 fully saturated rings. The fourth-order valence-electron chi connectivity index (χ4n) is 2.04. The molecule has 2 aromatic carbocycles. The van der Waals surface area contributed by atoms with E-state index in [1.807, 2.05) is 0 Å². The van der Waals surface area contributed by atoms with Crippen molar-refractivity contribution in [1.29, 1.82) is 0 Å². The zero-order valence-corrected chi connectivity index (χ0v) is 12.2. The van der Waals surface area contributed by atoms with Crippen molar-refractivity contribution in [3.63, 3.8) is 0 Å². The zero-order valence-electron chi connectivity index (χ0n) is 11.0. The van der Waals surface area contributed by atoms with Crippen molar-refractivity contribution in [2.45, 2.75) is 19.0 Å². The topological polar surface area (TPSA) is 9.23 Å². The Bertz CT molecular complexity index is 414. The molecule has 0 aliphatic heterocycles. The second-order valence-corrected chi connectivity index (χ2v) is 7.19. The van der Waals surface area contributed by atoms with Gasteiger partial charge in [-0.05, 0) is 24.2 Å². The maximum absolute atomic E-state index is 5.95. The van der Waals surface area contributed by atoms with Crippen LogP contribution < -0.4 is 0 Å². The molecule has 0 saturated carbocycles. The first-order valence-electron chi connectivity index (χ1n) is 6.49. The molecule has 0 saturated heterocycles. The Kier molecular flexibility index (Phi) is 4.73. The van der Waals surface area contributed by atoms with Crippen LogP contribution in [-0.4, -0.2) is 15.6 Å². The highest BCUT2D eigenvalue weighted by Gasteiger charge is 2.14. The summed E-state index contributed by atoms with van der Waals surface area (Å²) in [6, 6.07) is 21.2. The van der Waals surface area contributed by atoms with Crippen LogP contribution in [-0.2, 0) is 4.43 Å². The van der Waals surface area contributed by atoms with Gasteiger partial charge in [0, 0.05) is 12.5 Å². The van der Waals surface area contributed by atoms with E-state index in [0.29, 0.717) is 5.92 Å². The molecule has 2 aromatic rings. The van der Waals surface area contributed by atoms with Crippen LogP contribution >= 0.6 is 0 Å². The van der Waals surface area contributed by atoms with Crippen LogP contribution in [0.4, 0.5) is 0 Å². The van der Waals surface area contributed by atoms with Crippen LogP contribution in [0.1, 0.15) is 17.0 Å². The third-order valence-corrected chi connectivity index (χ3v) is 3.86. The average Bonchev–Trinajstić information content (AvgIpc) is 2.41. The van der Waals surface area contributed by atoms with Crippen LogP contribution in [0, 0.1) is 0 Å². The average molecular weight is 256 g/mol. The molecular weight excluding hydrogens is 236 g/mol. The van der Waals surface area contributed by atoms with Crippen molar-refractivity contribution >= 4 is 9.04 Å². The zero-order chi connectivity index (χ0) is 12.8. The molecule has 94 valence electrons. The molecule has 0 unspecified atom stereocenters. The number of hydrogen-bond donors (Lipinski definition) is 0. The smallest absolute Gasteiger partial charge is 0.170 e. The summed E-state index contributed by atoms with van der Waals surface area (Å²) >= 11 is 0. The lowest BCUT2D eigenvalue weighted by atomic mass is 9.92. The molecule has 0 atom stereocenters. The van der Waals surface area contributed by atoms with Gasteiger partial charge < -0.3 is 4.43 Å². The Morgan fingerprint density at radius 3 is 1.67 bits per heavy atom. The highest BCUT2D eigenvalue weighted by Crippen LogP contribution is 2.24. The first kappa shape index (κ1) is 13.1. The van der Waals surface area contributed by atoms with E-state index in [1.165, 1.54) is 11.1 Å². The minimum atomic E-state index is -0.974. The molecule has 0 aliphatic rings. The fraction of sp³-hybridized carbons (Fsp3) is 0.250. The Balaban J connectivity index is 2.24. The normalized spacial score (nSPS) is 11.1. The summed E-state index contributed by atoms with van der Waals surface area (Å²) in [5, 5.41) is 0. The lowest BCUT2D eigenvalue weighted by molar-refractivity contribution is 0.311. The highest BCUT2D eigenvalue weighted by atomic mass is 28.3. The predicted molar refractivity (Wildman–Crippen MR) is 79.6 cm³/mol. The molecule has 0 aromatic heterocycles. The van der Waals surface area contributed by atoms with Gasteiger partial charge in [0.15, 0.2) is 9.04 Å². The number of hydrogen-bond acceptors (Lipinski definition) is 1. The van der Waals surface area contributed by atoms with Crippen molar-refractivity contribution < 1.29 is 4.43 Å². The summed E-state index contributed by atoms with van der Waals surface area (Å²) in [6.45, 7) is 5.22. The molecule has 0 N–H and O–H groups in total. The second kappa shape index (κ2) is 6.52. The van der Waals surface area contributed by atoms with Crippen molar-refractivity contribution in [2.75, 3.05) is 6.61 Å². The first-order valence-corrected chi connectivity index (χ1v) is 9.27. The van der Waals surface area contributed by atoms with Gasteiger partial charge in [-0.2, -0.15) is 0 Å². The van der Waals surface area contributed by atoms with Crippen LogP contribution in [0.15, 0.2) is 60.7 Å². The Morgan fingerprint density at radius 2 is 1.28 bits per heavy atom. The summed E-state index contributed by atoms with van der Waals surface area (Å²) < 4.78 is 5.95. The highest BCUT2D eigenvalue weighted by molar-refractivity contribution is 6.48. The Morgan fingerprint density at radius 1 is 0.833 bits per heavy atom. The summed E-state index contributed by atoms with van der Waals surface area (Å²) in [6.07, 6.45) is 0. The van der Waals surface area contributed by atoms with Gasteiger partial charge in [-0.1, -0.05) is 60.7 Å². The lowest BCUT2D eigenvalue weighted by Gasteiger charge is -2.19. The van der Waals surface area contributed by atoms with E-state index in [-0.39, 0.29) is 0 Å². The van der Waals surface area contributed by atoms with Gasteiger partial charge in [0.25, 0.3) is 0 Å². The summed E-state index contributed by atoms with van der Waals surface area (Å²) in [5.41, 5.74) is 2.66. The molecule has 1 nitrogen and oxygen atoms in total. The standard InChI is InChI=1S/C16H20OSi/c1-18(2)17-13-16(14-9-5-3-6-10-14)15-11-7-4-8-12-15/h3-12,16,18H,13H2,1-2H3. The molecule has 18 heavy (non-hydrogen) atoms. The monoisotopic (exact) mass is 256 g/mol. The van der Waals surface area contributed by atoms with Crippen LogP contribution in [0.2, 0.25) is 13.1 Å². The maximum Gasteiger partial charge on any atom is 0.170 e. The fourth-order valence-corrected chi connectivity index (χ4v) is 2.62. The van der Waals surface area contributed by atoms with Crippen LogP contribution in [0.25, 0.3) is 0 Å². The molecule has 2 rings (SSSR count). The summed E-state index contributed by atoms with van der Waals surface area (Å²) in [5.74, 6) is 0.349. The first-order chi connectivity index (χ1) is 8.77. The third kappa shape index (κ3) is 3.55. The Labute approximate surface area is 111 Å². The van der Waals surface area contributed by atoms with E-state index in [1.54, 1.807) is 0 Å². The molecule has 0 radical (unpaired) electrons. The number of benzene rings is 2. The van der Waals surface area contributed by atoms with Crippen molar-refractivity contribution in [2.24, 2.45) is 0 Å². The van der Waals surface area contributed by atoms with Crippen molar-refractivity contribution in [3.8, 4) is 0 Å². The second-order valence-electron chi connectivity index (χ2n) is 4.76. The van der Waals surface area contributed by atoms with Gasteiger partial charge in [-0.15, -0.1) is 0 Å². The predicted octanol–water partition coefficient (Wildman–Crippen LogP) is 3.82. The van der Waals surface area contributed by atoms with E-state index < -0.39 is 9.04 Å². The van der Waals surface area contributed by atoms with Crippen LogP contribution in [0.3, 0.4) is 0 Å². The minimum absolute atomic E-state index is 0.349. The summed E-state index contributed by atoms with van der Waals surface area (Å²) in [7, 11) is -0.974. The molecular formula is C16H20OSi. The van der Waals surface area contributed by atoms with Gasteiger partial charge in [-0.25, -0.2) is 0 Å². The molecule has 2 heteroatoms. The van der Waals surface area contributed by atoms with E-state index in [0.717, 1.165) is 6.61 Å². The molecule has 0 aliphatic carbocycles. The molecule has 0 spiro atoms. The Hall–Kier alpha value is -1.38. The van der Waals surface area contributed by atoms with Gasteiger partial charge in [-0.3, -0.25) is 0 Å². The largest absolute Gasteiger partial charge is 0.420 e. The van der Waals surface area contributed by atoms with Crippen LogP contribution in [0.5, 0.6) is 0 Å². The van der Waals surface area contributed by atoms with Crippen molar-refractivity contribution in [3.05, 3.63) is 71.8 Å². The van der Waals surface area contributed by atoms with E-state index in [9.17, 15) is 0 Å². The number of rotatable bonds is 5. The van der Waals surface area contributed by atoms with Gasteiger partial charge in [0.05, 0.1) is 0 Å². The minimum Gasteiger partial charge on any atom is -0.420 e. The van der Waals surface area contributed by atoms with Gasteiger partial charge in [0.2, 0.25) is 0 Å². The molecule has 0 amide bonds.